The maximum atomic E-state index is 12.9. The monoisotopic (exact) mass is 423 g/mol. The third-order valence-corrected chi connectivity index (χ3v) is 5.63. The van der Waals surface area contributed by atoms with Crippen molar-refractivity contribution in [1.82, 2.24) is 14.9 Å². The highest BCUT2D eigenvalue weighted by Crippen LogP contribution is 2.18. The van der Waals surface area contributed by atoms with Gasteiger partial charge in [0.1, 0.15) is 22.9 Å². The number of hydrogen-bond acceptors (Lipinski definition) is 6. The van der Waals surface area contributed by atoms with Crippen LogP contribution >= 0.6 is 0 Å². The van der Waals surface area contributed by atoms with E-state index in [1.54, 1.807) is 35.8 Å². The molecule has 31 heavy (non-hydrogen) atoms. The van der Waals surface area contributed by atoms with E-state index in [9.17, 15) is 14.4 Å². The molecule has 0 saturated carbocycles. The molecule has 1 aromatic carbocycles. The van der Waals surface area contributed by atoms with Crippen molar-refractivity contribution >= 4 is 22.8 Å². The second kappa shape index (κ2) is 8.75. The number of carbonyl (C=O) groups is 2. The van der Waals surface area contributed by atoms with Crippen LogP contribution in [0.4, 0.5) is 0 Å². The Balaban J connectivity index is 1.55. The van der Waals surface area contributed by atoms with Gasteiger partial charge in [0.15, 0.2) is 0 Å². The van der Waals surface area contributed by atoms with Crippen LogP contribution in [0.5, 0.6) is 0 Å². The van der Waals surface area contributed by atoms with Gasteiger partial charge < -0.3 is 14.5 Å². The maximum Gasteiger partial charge on any atom is 0.341 e. The van der Waals surface area contributed by atoms with Crippen LogP contribution in [0.2, 0.25) is 0 Å². The van der Waals surface area contributed by atoms with Gasteiger partial charge in [-0.3, -0.25) is 14.2 Å². The number of esters is 1. The average molecular weight is 423 g/mol. The number of hydrogen-bond donors (Lipinski definition) is 1. The second-order valence-electron chi connectivity index (χ2n) is 7.74. The van der Waals surface area contributed by atoms with Gasteiger partial charge in [0.2, 0.25) is 0 Å². The molecule has 1 N–H and O–H groups in total. The summed E-state index contributed by atoms with van der Waals surface area (Å²) in [6.45, 7) is 2.47. The lowest BCUT2D eigenvalue weighted by atomic mass is 10.1. The molecule has 0 aliphatic carbocycles. The van der Waals surface area contributed by atoms with E-state index in [0.717, 1.165) is 37.9 Å². The first kappa shape index (κ1) is 20.8. The molecular formula is C23H25N3O5. The van der Waals surface area contributed by atoms with Crippen molar-refractivity contribution in [3.8, 4) is 0 Å². The second-order valence-corrected chi connectivity index (χ2v) is 7.74. The van der Waals surface area contributed by atoms with Crippen LogP contribution in [0.25, 0.3) is 10.9 Å². The van der Waals surface area contributed by atoms with E-state index in [1.807, 2.05) is 0 Å². The minimum absolute atomic E-state index is 0.0461. The number of fused-ring (bicyclic) bond motifs is 2. The highest BCUT2D eigenvalue weighted by atomic mass is 16.5. The Kier molecular flexibility index (Phi) is 5.88. The first-order valence-electron chi connectivity index (χ1n) is 10.5. The lowest BCUT2D eigenvalue weighted by Gasteiger charge is -2.16. The fourth-order valence-electron chi connectivity index (χ4n) is 3.95. The third-order valence-electron chi connectivity index (χ3n) is 5.63. The maximum absolute atomic E-state index is 12.9. The summed E-state index contributed by atoms with van der Waals surface area (Å²) in [4.78, 5) is 42.0. The van der Waals surface area contributed by atoms with E-state index in [-0.39, 0.29) is 18.0 Å². The van der Waals surface area contributed by atoms with Crippen LogP contribution < -0.4 is 10.9 Å². The van der Waals surface area contributed by atoms with Gasteiger partial charge in [0.05, 0.1) is 24.6 Å². The quantitative estimate of drug-likeness (QED) is 0.647. The topological polar surface area (TPSA) is 103 Å². The summed E-state index contributed by atoms with van der Waals surface area (Å²) in [5.74, 6) is 0.869. The van der Waals surface area contributed by atoms with E-state index in [4.69, 9.17) is 14.1 Å². The Morgan fingerprint density at radius 1 is 1.19 bits per heavy atom. The van der Waals surface area contributed by atoms with Crippen LogP contribution in [0.1, 0.15) is 63.7 Å². The summed E-state index contributed by atoms with van der Waals surface area (Å²) in [6, 6.07) is 6.50. The molecule has 1 aliphatic rings. The standard InChI is InChI=1S/C23H25N3O5/c1-14-18(23(29)30-2)12-16(31-14)13-24-21(27)15-8-9-17-19(11-15)25-20-7-5-3-4-6-10-26(20)22(17)28/h8-9,11-12H,3-7,10,13H2,1-2H3,(H,24,27). The molecule has 1 amide bonds. The minimum atomic E-state index is -0.486. The van der Waals surface area contributed by atoms with Gasteiger partial charge in [-0.15, -0.1) is 0 Å². The van der Waals surface area contributed by atoms with E-state index >= 15 is 0 Å². The molecule has 0 bridgehead atoms. The Morgan fingerprint density at radius 2 is 2.00 bits per heavy atom. The Hall–Kier alpha value is -3.42. The highest BCUT2D eigenvalue weighted by molar-refractivity contribution is 5.97. The smallest absolute Gasteiger partial charge is 0.341 e. The van der Waals surface area contributed by atoms with Crippen LogP contribution in [0, 0.1) is 6.92 Å². The normalized spacial score (nSPS) is 13.9. The lowest BCUT2D eigenvalue weighted by molar-refractivity contribution is 0.0598. The molecule has 0 unspecified atom stereocenters. The lowest BCUT2D eigenvalue weighted by Crippen LogP contribution is -2.27. The Labute approximate surface area is 179 Å². The van der Waals surface area contributed by atoms with Gasteiger partial charge in [0.25, 0.3) is 11.5 Å². The highest BCUT2D eigenvalue weighted by Gasteiger charge is 2.17. The molecule has 0 radical (unpaired) electrons. The molecule has 0 atom stereocenters. The number of furan rings is 1. The van der Waals surface area contributed by atoms with Gasteiger partial charge in [0, 0.05) is 18.5 Å². The predicted octanol–water partition coefficient (Wildman–Crippen LogP) is 3.13. The molecule has 1 aliphatic heterocycles. The van der Waals surface area contributed by atoms with Crippen molar-refractivity contribution in [2.45, 2.75) is 52.1 Å². The number of nitrogens with zero attached hydrogens (tertiary/aromatic N) is 2. The summed E-state index contributed by atoms with van der Waals surface area (Å²) in [6.07, 6.45) is 5.01. The van der Waals surface area contributed by atoms with Gasteiger partial charge in [-0.05, 0) is 44.0 Å². The summed E-state index contributed by atoms with van der Waals surface area (Å²) in [7, 11) is 1.30. The zero-order valence-electron chi connectivity index (χ0n) is 17.7. The molecule has 8 heteroatoms. The van der Waals surface area contributed by atoms with Gasteiger partial charge in [-0.25, -0.2) is 9.78 Å². The number of aryl methyl sites for hydroxylation is 2. The van der Waals surface area contributed by atoms with E-state index in [1.165, 1.54) is 7.11 Å². The van der Waals surface area contributed by atoms with Crippen LogP contribution in [-0.4, -0.2) is 28.5 Å². The van der Waals surface area contributed by atoms with Crippen molar-refractivity contribution in [2.75, 3.05) is 7.11 Å². The summed E-state index contributed by atoms with van der Waals surface area (Å²) < 4.78 is 12.0. The van der Waals surface area contributed by atoms with Crippen LogP contribution in [0.15, 0.2) is 33.5 Å². The zero-order valence-corrected chi connectivity index (χ0v) is 17.7. The van der Waals surface area contributed by atoms with Crippen LogP contribution in [-0.2, 0) is 24.2 Å². The largest absolute Gasteiger partial charge is 0.465 e. The molecule has 4 rings (SSSR count). The fraction of sp³-hybridized carbons (Fsp3) is 0.391. The van der Waals surface area contributed by atoms with Crippen molar-refractivity contribution in [3.63, 3.8) is 0 Å². The number of amides is 1. The van der Waals surface area contributed by atoms with Gasteiger partial charge >= 0.3 is 5.97 Å². The van der Waals surface area contributed by atoms with E-state index in [0.29, 0.717) is 40.1 Å². The van der Waals surface area contributed by atoms with Gasteiger partial charge in [-0.2, -0.15) is 0 Å². The number of rotatable bonds is 4. The van der Waals surface area contributed by atoms with E-state index < -0.39 is 5.97 Å². The van der Waals surface area contributed by atoms with Gasteiger partial charge in [-0.1, -0.05) is 12.8 Å². The number of ether oxygens (including phenoxy) is 1. The Bertz CT molecular complexity index is 1210. The first-order chi connectivity index (χ1) is 15.0. The van der Waals surface area contributed by atoms with E-state index in [2.05, 4.69) is 5.32 Å². The molecule has 0 fully saturated rings. The molecule has 0 spiro atoms. The molecule has 162 valence electrons. The zero-order chi connectivity index (χ0) is 22.0. The third kappa shape index (κ3) is 4.23. The molecule has 3 aromatic rings. The minimum Gasteiger partial charge on any atom is -0.465 e. The van der Waals surface area contributed by atoms with Crippen molar-refractivity contribution in [2.24, 2.45) is 0 Å². The summed E-state index contributed by atoms with van der Waals surface area (Å²) >= 11 is 0. The molecule has 0 saturated heterocycles. The number of nitrogens with one attached hydrogen (secondary N) is 1. The Morgan fingerprint density at radius 3 is 2.81 bits per heavy atom. The summed E-state index contributed by atoms with van der Waals surface area (Å²) in [5.41, 5.74) is 1.23. The molecule has 2 aromatic heterocycles. The first-order valence-corrected chi connectivity index (χ1v) is 10.5. The van der Waals surface area contributed by atoms with Crippen molar-refractivity contribution in [1.29, 1.82) is 0 Å². The number of aromatic nitrogens is 2. The molecule has 8 nitrogen and oxygen atoms in total. The predicted molar refractivity (Wildman–Crippen MR) is 114 cm³/mol. The fourth-order valence-corrected chi connectivity index (χ4v) is 3.95. The van der Waals surface area contributed by atoms with Crippen molar-refractivity contribution < 1.29 is 18.7 Å². The SMILES string of the molecule is COC(=O)c1cc(CNC(=O)c2ccc3c(=O)n4c(nc3c2)CCCCCC4)oc1C. The number of methoxy groups -OCH3 is 1. The number of benzene rings is 1. The molecular weight excluding hydrogens is 398 g/mol. The summed E-state index contributed by atoms with van der Waals surface area (Å²) in [5, 5.41) is 3.30. The van der Waals surface area contributed by atoms with Crippen molar-refractivity contribution in [3.05, 3.63) is 63.1 Å². The number of carbonyl (C=O) groups excluding carboxylic acids is 2. The average Bonchev–Trinajstić information content (AvgIpc) is 3.13. The van der Waals surface area contributed by atoms with Crippen LogP contribution in [0.3, 0.4) is 0 Å². The molecule has 3 heterocycles.